The summed E-state index contributed by atoms with van der Waals surface area (Å²) < 4.78 is 29.1. The fourth-order valence-electron chi connectivity index (χ4n) is 3.56. The molecule has 0 saturated heterocycles. The molecule has 0 radical (unpaired) electrons. The molecule has 0 aliphatic carbocycles. The molecule has 8 heteroatoms. The summed E-state index contributed by atoms with van der Waals surface area (Å²) in [5, 5.41) is 3.46. The van der Waals surface area contributed by atoms with Gasteiger partial charge in [0.05, 0.1) is 10.6 Å². The van der Waals surface area contributed by atoms with E-state index in [0.29, 0.717) is 34.4 Å². The summed E-state index contributed by atoms with van der Waals surface area (Å²) in [4.78, 5) is 16.6. The van der Waals surface area contributed by atoms with Crippen LogP contribution < -0.4 is 5.32 Å². The fraction of sp³-hybridized carbons (Fsp3) is 0.0476. The maximum absolute atomic E-state index is 13.5. The Labute approximate surface area is 175 Å². The van der Waals surface area contributed by atoms with E-state index in [1.54, 1.807) is 54.7 Å². The molecule has 2 aromatic carbocycles. The molecule has 3 heterocycles. The van der Waals surface area contributed by atoms with Crippen LogP contribution in [0.5, 0.6) is 0 Å². The molecule has 1 aliphatic rings. The van der Waals surface area contributed by atoms with Crippen LogP contribution in [-0.2, 0) is 16.6 Å². The van der Waals surface area contributed by atoms with Crippen molar-refractivity contribution in [1.29, 1.82) is 0 Å². The molecule has 5 rings (SSSR count). The second kappa shape index (κ2) is 6.53. The van der Waals surface area contributed by atoms with E-state index >= 15 is 0 Å². The number of carbonyl (C=O) groups excluding carboxylic acids is 1. The molecule has 29 heavy (non-hydrogen) atoms. The Morgan fingerprint density at radius 1 is 1.03 bits per heavy atom. The Morgan fingerprint density at radius 2 is 1.83 bits per heavy atom. The number of aromatic nitrogens is 2. The van der Waals surface area contributed by atoms with Crippen LogP contribution in [0.2, 0.25) is 0 Å². The first kappa shape index (κ1) is 18.1. The molecule has 144 valence electrons. The summed E-state index contributed by atoms with van der Waals surface area (Å²) in [7, 11) is -3.91. The lowest BCUT2D eigenvalue weighted by Crippen LogP contribution is -2.15. The van der Waals surface area contributed by atoms with Gasteiger partial charge in [-0.25, -0.2) is 17.4 Å². The lowest BCUT2D eigenvalue weighted by atomic mass is 10.0. The number of halogens is 1. The van der Waals surface area contributed by atoms with Crippen molar-refractivity contribution in [2.45, 2.75) is 11.4 Å². The number of nitrogens with zero attached hydrogens (tertiary/aromatic N) is 2. The molecule has 1 aliphatic heterocycles. The topological polar surface area (TPSA) is 81.1 Å². The Morgan fingerprint density at radius 3 is 2.62 bits per heavy atom. The van der Waals surface area contributed by atoms with Gasteiger partial charge in [0, 0.05) is 33.7 Å². The van der Waals surface area contributed by atoms with E-state index in [-0.39, 0.29) is 10.8 Å². The number of amides is 1. The van der Waals surface area contributed by atoms with Crippen LogP contribution >= 0.6 is 15.9 Å². The zero-order valence-corrected chi connectivity index (χ0v) is 17.4. The maximum atomic E-state index is 13.5. The molecule has 0 spiro atoms. The molecule has 1 N–H and O–H groups in total. The van der Waals surface area contributed by atoms with Gasteiger partial charge < -0.3 is 5.32 Å². The third-order valence-electron chi connectivity index (χ3n) is 4.98. The normalized spacial score (nSPS) is 13.5. The standard InChI is InChI=1S/C21H14BrN3O3S/c22-18-8-9-23-20-17(18)11-19(13-6-7-14-12-24-21(26)16(14)10-13)25(20)29(27,28)15-4-2-1-3-5-15/h1-11H,12H2,(H,24,26). The predicted molar refractivity (Wildman–Crippen MR) is 113 cm³/mol. The fourth-order valence-corrected chi connectivity index (χ4v) is 5.47. The first-order chi connectivity index (χ1) is 14.0. The van der Waals surface area contributed by atoms with Crippen molar-refractivity contribution in [2.24, 2.45) is 0 Å². The van der Waals surface area contributed by atoms with Crippen molar-refractivity contribution in [3.63, 3.8) is 0 Å². The molecule has 4 aromatic rings. The highest BCUT2D eigenvalue weighted by molar-refractivity contribution is 9.10. The van der Waals surface area contributed by atoms with Crippen molar-refractivity contribution in [3.8, 4) is 11.3 Å². The molecule has 0 unspecified atom stereocenters. The monoisotopic (exact) mass is 467 g/mol. The molecule has 0 saturated carbocycles. The summed E-state index contributed by atoms with van der Waals surface area (Å²) in [5.41, 5.74) is 2.86. The molecule has 2 aromatic heterocycles. The number of benzene rings is 2. The second-order valence-electron chi connectivity index (χ2n) is 6.70. The zero-order valence-electron chi connectivity index (χ0n) is 15.0. The lowest BCUT2D eigenvalue weighted by Gasteiger charge is -2.12. The van der Waals surface area contributed by atoms with Gasteiger partial charge in [0.25, 0.3) is 15.9 Å². The third-order valence-corrected chi connectivity index (χ3v) is 7.39. The van der Waals surface area contributed by atoms with Gasteiger partial charge >= 0.3 is 0 Å². The van der Waals surface area contributed by atoms with Crippen molar-refractivity contribution < 1.29 is 13.2 Å². The number of hydrogen-bond acceptors (Lipinski definition) is 4. The van der Waals surface area contributed by atoms with Gasteiger partial charge in [0.1, 0.15) is 0 Å². The van der Waals surface area contributed by atoms with Crippen LogP contribution in [-0.4, -0.2) is 23.3 Å². The van der Waals surface area contributed by atoms with Crippen molar-refractivity contribution in [3.05, 3.63) is 82.5 Å². The largest absolute Gasteiger partial charge is 0.348 e. The van der Waals surface area contributed by atoms with Crippen molar-refractivity contribution >= 4 is 42.9 Å². The van der Waals surface area contributed by atoms with Crippen LogP contribution in [0.25, 0.3) is 22.3 Å². The van der Waals surface area contributed by atoms with E-state index in [2.05, 4.69) is 26.2 Å². The average molecular weight is 468 g/mol. The van der Waals surface area contributed by atoms with Gasteiger partial charge in [-0.05, 0) is 51.8 Å². The number of hydrogen-bond donors (Lipinski definition) is 1. The van der Waals surface area contributed by atoms with E-state index < -0.39 is 10.0 Å². The summed E-state index contributed by atoms with van der Waals surface area (Å²) >= 11 is 3.49. The highest BCUT2D eigenvalue weighted by Gasteiger charge is 2.27. The van der Waals surface area contributed by atoms with Gasteiger partial charge in [-0.1, -0.05) is 30.3 Å². The summed E-state index contributed by atoms with van der Waals surface area (Å²) in [5.74, 6) is -0.158. The van der Waals surface area contributed by atoms with E-state index in [4.69, 9.17) is 0 Å². The first-order valence-electron chi connectivity index (χ1n) is 8.85. The van der Waals surface area contributed by atoms with Gasteiger partial charge in [-0.15, -0.1) is 0 Å². The van der Waals surface area contributed by atoms with Gasteiger partial charge in [0.2, 0.25) is 0 Å². The van der Waals surface area contributed by atoms with Crippen LogP contribution in [0, 0.1) is 0 Å². The average Bonchev–Trinajstić information content (AvgIpc) is 3.31. The van der Waals surface area contributed by atoms with Gasteiger partial charge in [0.15, 0.2) is 5.65 Å². The zero-order chi connectivity index (χ0) is 20.2. The quantitative estimate of drug-likeness (QED) is 0.494. The first-order valence-corrected chi connectivity index (χ1v) is 11.1. The van der Waals surface area contributed by atoms with E-state index in [1.165, 1.54) is 3.97 Å². The molecular formula is C21H14BrN3O3S. The van der Waals surface area contributed by atoms with Crippen LogP contribution in [0.1, 0.15) is 15.9 Å². The van der Waals surface area contributed by atoms with E-state index in [1.807, 2.05) is 12.1 Å². The van der Waals surface area contributed by atoms with E-state index in [9.17, 15) is 13.2 Å². The highest BCUT2D eigenvalue weighted by Crippen LogP contribution is 2.35. The maximum Gasteiger partial charge on any atom is 0.269 e. The lowest BCUT2D eigenvalue weighted by molar-refractivity contribution is 0.0966. The van der Waals surface area contributed by atoms with E-state index in [0.717, 1.165) is 10.0 Å². The number of fused-ring (bicyclic) bond motifs is 2. The second-order valence-corrected chi connectivity index (χ2v) is 9.34. The van der Waals surface area contributed by atoms with Gasteiger partial charge in [-0.2, -0.15) is 0 Å². The summed E-state index contributed by atoms with van der Waals surface area (Å²) in [6.45, 7) is 0.479. The minimum absolute atomic E-state index is 0.158. The Hall–Kier alpha value is -2.97. The predicted octanol–water partition coefficient (Wildman–Crippen LogP) is 3.95. The minimum atomic E-state index is -3.91. The smallest absolute Gasteiger partial charge is 0.269 e. The van der Waals surface area contributed by atoms with Crippen molar-refractivity contribution in [1.82, 2.24) is 14.3 Å². The molecule has 1 amide bonds. The summed E-state index contributed by atoms with van der Waals surface area (Å²) in [6, 6.07) is 17.2. The summed E-state index contributed by atoms with van der Waals surface area (Å²) in [6.07, 6.45) is 1.56. The Kier molecular flexibility index (Phi) is 4.07. The Bertz CT molecular complexity index is 1400. The molecule has 0 atom stereocenters. The van der Waals surface area contributed by atoms with Crippen molar-refractivity contribution in [2.75, 3.05) is 0 Å². The third kappa shape index (κ3) is 2.79. The molecule has 0 fully saturated rings. The number of rotatable bonds is 3. The van der Waals surface area contributed by atoms with Crippen LogP contribution in [0.3, 0.4) is 0 Å². The molecular weight excluding hydrogens is 454 g/mol. The van der Waals surface area contributed by atoms with Crippen LogP contribution in [0.4, 0.5) is 0 Å². The minimum Gasteiger partial charge on any atom is -0.348 e. The number of pyridine rings is 1. The molecule has 6 nitrogen and oxygen atoms in total. The van der Waals surface area contributed by atoms with Gasteiger partial charge in [-0.3, -0.25) is 4.79 Å². The number of nitrogens with one attached hydrogen (secondary N) is 1. The molecule has 0 bridgehead atoms. The highest BCUT2D eigenvalue weighted by atomic mass is 79.9. The van der Waals surface area contributed by atoms with Crippen LogP contribution in [0.15, 0.2) is 76.2 Å². The SMILES string of the molecule is O=C1NCc2ccc(-c3cc4c(Br)ccnc4n3S(=O)(=O)c3ccccc3)cc21. The Balaban J connectivity index is 1.84. The number of carbonyl (C=O) groups is 1.